The summed E-state index contributed by atoms with van der Waals surface area (Å²) in [6, 6.07) is 19.0. The van der Waals surface area contributed by atoms with Gasteiger partial charge in [0.25, 0.3) is 0 Å². The zero-order valence-corrected chi connectivity index (χ0v) is 20.1. The first-order valence-electron chi connectivity index (χ1n) is 10.2. The third-order valence-electron chi connectivity index (χ3n) is 5.01. The molecule has 2 N–H and O–H groups in total. The number of amides is 2. The first-order chi connectivity index (χ1) is 15.8. The standard InChI is InChI=1S/C25H25Cl2N3O3/c1-16-9-12-22(33-3)21(13-16)29-25(32)24(17-7-5-4-6-8-17)30(2)15-23(31)28-18-10-11-19(26)20(27)14-18/h4-14,24H,15H2,1-3H3,(H,28,31)(H,29,32). The van der Waals surface area contributed by atoms with Crippen LogP contribution in [0.3, 0.4) is 0 Å². The SMILES string of the molecule is COc1ccc(C)cc1NC(=O)C(c1ccccc1)N(C)CC(=O)Nc1ccc(Cl)c(Cl)c1. The zero-order chi connectivity index (χ0) is 24.0. The molecule has 0 aliphatic carbocycles. The molecule has 33 heavy (non-hydrogen) atoms. The van der Waals surface area contributed by atoms with Crippen molar-refractivity contribution in [2.75, 3.05) is 31.3 Å². The Morgan fingerprint density at radius 2 is 1.70 bits per heavy atom. The van der Waals surface area contributed by atoms with Crippen LogP contribution in [0.25, 0.3) is 0 Å². The van der Waals surface area contributed by atoms with Gasteiger partial charge in [-0.1, -0.05) is 59.6 Å². The number of halogens is 2. The summed E-state index contributed by atoms with van der Waals surface area (Å²) in [6.07, 6.45) is 0. The van der Waals surface area contributed by atoms with Gasteiger partial charge in [0.15, 0.2) is 0 Å². The van der Waals surface area contributed by atoms with E-state index in [-0.39, 0.29) is 18.4 Å². The van der Waals surface area contributed by atoms with Gasteiger partial charge >= 0.3 is 0 Å². The Bertz CT molecular complexity index is 1140. The van der Waals surface area contributed by atoms with E-state index < -0.39 is 6.04 Å². The lowest BCUT2D eigenvalue weighted by Crippen LogP contribution is -2.39. The Morgan fingerprint density at radius 3 is 2.36 bits per heavy atom. The van der Waals surface area contributed by atoms with Crippen molar-refractivity contribution in [1.29, 1.82) is 0 Å². The fourth-order valence-electron chi connectivity index (χ4n) is 3.45. The number of likely N-dealkylation sites (N-methyl/N-ethyl adjacent to an activating group) is 1. The number of carbonyl (C=O) groups is 2. The molecule has 0 saturated heterocycles. The van der Waals surface area contributed by atoms with Gasteiger partial charge in [-0.15, -0.1) is 0 Å². The smallest absolute Gasteiger partial charge is 0.246 e. The van der Waals surface area contributed by atoms with Crippen molar-refractivity contribution in [3.63, 3.8) is 0 Å². The fourth-order valence-corrected chi connectivity index (χ4v) is 3.75. The van der Waals surface area contributed by atoms with E-state index in [9.17, 15) is 9.59 Å². The molecule has 1 unspecified atom stereocenters. The summed E-state index contributed by atoms with van der Waals surface area (Å²) in [4.78, 5) is 27.8. The van der Waals surface area contributed by atoms with Crippen molar-refractivity contribution in [3.8, 4) is 5.75 Å². The number of methoxy groups -OCH3 is 1. The number of carbonyl (C=O) groups excluding carboxylic acids is 2. The van der Waals surface area contributed by atoms with Gasteiger partial charge in [-0.3, -0.25) is 14.5 Å². The summed E-state index contributed by atoms with van der Waals surface area (Å²) in [6.45, 7) is 1.90. The second-order valence-electron chi connectivity index (χ2n) is 7.60. The Kier molecular flexibility index (Phi) is 8.33. The molecule has 0 bridgehead atoms. The van der Waals surface area contributed by atoms with Crippen LogP contribution in [-0.4, -0.2) is 37.4 Å². The molecule has 0 fully saturated rings. The maximum atomic E-state index is 13.4. The zero-order valence-electron chi connectivity index (χ0n) is 18.6. The molecule has 3 rings (SSSR count). The molecule has 6 nitrogen and oxygen atoms in total. The highest BCUT2D eigenvalue weighted by Gasteiger charge is 2.27. The van der Waals surface area contributed by atoms with Gasteiger partial charge in [0, 0.05) is 5.69 Å². The van der Waals surface area contributed by atoms with E-state index in [0.717, 1.165) is 11.1 Å². The summed E-state index contributed by atoms with van der Waals surface area (Å²) in [5, 5.41) is 6.48. The van der Waals surface area contributed by atoms with Crippen molar-refractivity contribution in [2.24, 2.45) is 0 Å². The normalized spacial score (nSPS) is 11.7. The van der Waals surface area contributed by atoms with Crippen LogP contribution in [0.1, 0.15) is 17.2 Å². The molecule has 8 heteroatoms. The minimum atomic E-state index is -0.712. The van der Waals surface area contributed by atoms with Crippen LogP contribution >= 0.6 is 23.2 Å². The summed E-state index contributed by atoms with van der Waals surface area (Å²) in [5.74, 6) is -0.0199. The summed E-state index contributed by atoms with van der Waals surface area (Å²) < 4.78 is 5.38. The number of nitrogens with zero attached hydrogens (tertiary/aromatic N) is 1. The van der Waals surface area contributed by atoms with Crippen LogP contribution in [0.2, 0.25) is 10.0 Å². The molecular weight excluding hydrogens is 461 g/mol. The average molecular weight is 486 g/mol. The van der Waals surface area contributed by atoms with Gasteiger partial charge in [-0.25, -0.2) is 0 Å². The van der Waals surface area contributed by atoms with E-state index in [2.05, 4.69) is 10.6 Å². The molecule has 0 spiro atoms. The molecule has 3 aromatic rings. The lowest BCUT2D eigenvalue weighted by molar-refractivity contribution is -0.123. The number of ether oxygens (including phenoxy) is 1. The molecule has 0 aliphatic rings. The molecule has 3 aromatic carbocycles. The summed E-state index contributed by atoms with van der Waals surface area (Å²) in [5.41, 5.74) is 2.83. The number of anilines is 2. The van der Waals surface area contributed by atoms with Crippen LogP contribution in [0.5, 0.6) is 5.75 Å². The van der Waals surface area contributed by atoms with Crippen LogP contribution in [0.4, 0.5) is 11.4 Å². The summed E-state index contributed by atoms with van der Waals surface area (Å²) >= 11 is 12.0. The van der Waals surface area contributed by atoms with Crippen LogP contribution in [0, 0.1) is 6.92 Å². The topological polar surface area (TPSA) is 70.7 Å². The molecule has 0 aliphatic heterocycles. The predicted molar refractivity (Wildman–Crippen MR) is 133 cm³/mol. The molecule has 2 amide bonds. The Morgan fingerprint density at radius 1 is 0.970 bits per heavy atom. The van der Waals surface area contributed by atoms with Gasteiger partial charge in [-0.2, -0.15) is 0 Å². The lowest BCUT2D eigenvalue weighted by Gasteiger charge is -2.27. The minimum absolute atomic E-state index is 0.0296. The average Bonchev–Trinajstić information content (AvgIpc) is 2.77. The summed E-state index contributed by atoms with van der Waals surface area (Å²) in [7, 11) is 3.27. The monoisotopic (exact) mass is 485 g/mol. The number of hydrogen-bond acceptors (Lipinski definition) is 4. The lowest BCUT2D eigenvalue weighted by atomic mass is 10.0. The Hall–Kier alpha value is -3.06. The molecule has 0 saturated carbocycles. The first kappa shape index (κ1) is 24.6. The van der Waals surface area contributed by atoms with Crippen LogP contribution in [-0.2, 0) is 9.59 Å². The predicted octanol–water partition coefficient (Wildman–Crippen LogP) is 5.56. The largest absolute Gasteiger partial charge is 0.495 e. The molecule has 0 radical (unpaired) electrons. The van der Waals surface area contributed by atoms with E-state index >= 15 is 0 Å². The fraction of sp³-hybridized carbons (Fsp3) is 0.200. The highest BCUT2D eigenvalue weighted by Crippen LogP contribution is 2.29. The van der Waals surface area contributed by atoms with Gasteiger partial charge < -0.3 is 15.4 Å². The van der Waals surface area contributed by atoms with Crippen LogP contribution < -0.4 is 15.4 Å². The second-order valence-corrected chi connectivity index (χ2v) is 8.41. The van der Waals surface area contributed by atoms with E-state index in [1.165, 1.54) is 0 Å². The van der Waals surface area contributed by atoms with Crippen molar-refractivity contribution >= 4 is 46.4 Å². The number of benzene rings is 3. The maximum absolute atomic E-state index is 13.4. The van der Waals surface area contributed by atoms with Gasteiger partial charge in [-0.05, 0) is 55.4 Å². The molecule has 0 heterocycles. The van der Waals surface area contributed by atoms with E-state index in [1.807, 2.05) is 49.4 Å². The Balaban J connectivity index is 1.80. The molecule has 172 valence electrons. The third kappa shape index (κ3) is 6.48. The molecule has 1 atom stereocenters. The van der Waals surface area contributed by atoms with Gasteiger partial charge in [0.2, 0.25) is 11.8 Å². The van der Waals surface area contributed by atoms with Gasteiger partial charge in [0.1, 0.15) is 11.8 Å². The third-order valence-corrected chi connectivity index (χ3v) is 5.75. The first-order valence-corrected chi connectivity index (χ1v) is 11.0. The second kappa shape index (κ2) is 11.2. The quantitative estimate of drug-likeness (QED) is 0.438. The van der Waals surface area contributed by atoms with E-state index in [1.54, 1.807) is 43.3 Å². The van der Waals surface area contributed by atoms with Crippen molar-refractivity contribution in [1.82, 2.24) is 4.90 Å². The number of aryl methyl sites for hydroxylation is 1. The van der Waals surface area contributed by atoms with Crippen LogP contribution in [0.15, 0.2) is 66.7 Å². The highest BCUT2D eigenvalue weighted by molar-refractivity contribution is 6.42. The molecule has 0 aromatic heterocycles. The number of nitrogens with one attached hydrogen (secondary N) is 2. The number of hydrogen-bond donors (Lipinski definition) is 2. The van der Waals surface area contributed by atoms with Crippen molar-refractivity contribution < 1.29 is 14.3 Å². The van der Waals surface area contributed by atoms with E-state index in [0.29, 0.717) is 27.2 Å². The van der Waals surface area contributed by atoms with E-state index in [4.69, 9.17) is 27.9 Å². The molecular formula is C25H25Cl2N3O3. The van der Waals surface area contributed by atoms with Crippen molar-refractivity contribution in [3.05, 3.63) is 87.9 Å². The minimum Gasteiger partial charge on any atom is -0.495 e. The Labute approximate surface area is 203 Å². The highest BCUT2D eigenvalue weighted by atomic mass is 35.5. The number of rotatable bonds is 8. The van der Waals surface area contributed by atoms with Gasteiger partial charge in [0.05, 0.1) is 29.4 Å². The maximum Gasteiger partial charge on any atom is 0.246 e. The van der Waals surface area contributed by atoms with Crippen molar-refractivity contribution in [2.45, 2.75) is 13.0 Å².